The lowest BCUT2D eigenvalue weighted by Crippen LogP contribution is -2.54. The molecule has 1 aliphatic carbocycles. The number of hydrogen-bond acceptors (Lipinski definition) is 7. The van der Waals surface area contributed by atoms with E-state index in [2.05, 4.69) is 9.97 Å². The highest BCUT2D eigenvalue weighted by Gasteiger charge is 2.37. The van der Waals surface area contributed by atoms with E-state index in [1.807, 2.05) is 43.5 Å². The second-order valence-corrected chi connectivity index (χ2v) is 11.2. The summed E-state index contributed by atoms with van der Waals surface area (Å²) in [6.45, 7) is 0.612. The van der Waals surface area contributed by atoms with E-state index in [1.165, 1.54) is 21.9 Å². The van der Waals surface area contributed by atoms with E-state index < -0.39 is 0 Å². The Morgan fingerprint density at radius 1 is 0.978 bits per heavy atom. The van der Waals surface area contributed by atoms with Crippen LogP contribution in [0.3, 0.4) is 0 Å². The number of nitrogens with two attached hydrogens (primary N) is 1. The van der Waals surface area contributed by atoms with Crippen molar-refractivity contribution in [2.45, 2.75) is 25.3 Å². The van der Waals surface area contributed by atoms with Gasteiger partial charge in [0.2, 0.25) is 0 Å². The number of para-hydroxylation sites is 1. The number of nitrogens with zero attached hydrogens (tertiary/aromatic N) is 6. The second kappa shape index (κ2) is 12.4. The molecule has 11 heteroatoms. The van der Waals surface area contributed by atoms with Crippen molar-refractivity contribution in [3.8, 4) is 22.9 Å². The van der Waals surface area contributed by atoms with Crippen molar-refractivity contribution < 1.29 is 19.0 Å². The standard InChI is InChI=1S/C34H36N7O4/c1-38(30(42)13-8-22-41(2,44-3)27-9-7-10-27)24-14-16-26(17-15-24)40-33-31(32(35)36-23-37-33)39(34(40)43)25-18-20-29(21-19-25)45-28-11-5-4-6-12-28/h4-6,8,11-21,23,27H,7,9-10,22H2,1-3H3,(H2,35,36,37)/q+1/b13-8+. The van der Waals surface area contributed by atoms with Gasteiger partial charge in [0.15, 0.2) is 11.5 Å². The lowest BCUT2D eigenvalue weighted by molar-refractivity contribution is -1.10. The third kappa shape index (κ3) is 5.83. The maximum absolute atomic E-state index is 13.9. The molecule has 1 unspecified atom stereocenters. The highest BCUT2D eigenvalue weighted by Crippen LogP contribution is 2.30. The van der Waals surface area contributed by atoms with Gasteiger partial charge in [-0.05, 0) is 73.2 Å². The van der Waals surface area contributed by atoms with E-state index in [1.54, 1.807) is 73.7 Å². The summed E-state index contributed by atoms with van der Waals surface area (Å²) in [5.41, 5.74) is 8.50. The number of hydrogen-bond donors (Lipinski definition) is 1. The molecule has 0 aliphatic heterocycles. The first kappa shape index (κ1) is 29.8. The average Bonchev–Trinajstić information content (AvgIpc) is 3.33. The summed E-state index contributed by atoms with van der Waals surface area (Å²) in [5.74, 6) is 1.35. The van der Waals surface area contributed by atoms with Crippen molar-refractivity contribution in [1.29, 1.82) is 0 Å². The minimum Gasteiger partial charge on any atom is -0.457 e. The number of carbonyl (C=O) groups is 1. The van der Waals surface area contributed by atoms with Gasteiger partial charge < -0.3 is 15.4 Å². The summed E-state index contributed by atoms with van der Waals surface area (Å²) >= 11 is 0. The predicted octanol–water partition coefficient (Wildman–Crippen LogP) is 5.03. The minimum absolute atomic E-state index is 0.159. The Balaban J connectivity index is 1.25. The highest BCUT2D eigenvalue weighted by molar-refractivity contribution is 6.01. The number of anilines is 2. The molecular formula is C34H36N7O4+. The maximum atomic E-state index is 13.9. The van der Waals surface area contributed by atoms with Crippen molar-refractivity contribution in [2.24, 2.45) is 0 Å². The molecule has 6 rings (SSSR count). The lowest BCUT2D eigenvalue weighted by Gasteiger charge is -2.41. The molecule has 1 amide bonds. The quantitative estimate of drug-likeness (QED) is 0.135. The smallest absolute Gasteiger partial charge is 0.339 e. The van der Waals surface area contributed by atoms with Crippen LogP contribution in [0.1, 0.15) is 19.3 Å². The van der Waals surface area contributed by atoms with Crippen LogP contribution in [0, 0.1) is 0 Å². The van der Waals surface area contributed by atoms with Crippen molar-refractivity contribution in [2.75, 3.05) is 38.4 Å². The molecule has 1 atom stereocenters. The molecule has 0 spiro atoms. The molecule has 0 radical (unpaired) electrons. The highest BCUT2D eigenvalue weighted by atomic mass is 16.7. The van der Waals surface area contributed by atoms with Crippen LogP contribution in [0.5, 0.6) is 11.5 Å². The van der Waals surface area contributed by atoms with Gasteiger partial charge in [0.25, 0.3) is 5.91 Å². The predicted molar refractivity (Wildman–Crippen MR) is 174 cm³/mol. The summed E-state index contributed by atoms with van der Waals surface area (Å²) in [6, 6.07) is 24.2. The molecule has 3 aromatic carbocycles. The molecule has 2 N–H and O–H groups in total. The summed E-state index contributed by atoms with van der Waals surface area (Å²) < 4.78 is 9.34. The van der Waals surface area contributed by atoms with Crippen LogP contribution in [0.4, 0.5) is 11.5 Å². The first-order valence-electron chi connectivity index (χ1n) is 14.8. The number of fused-ring (bicyclic) bond motifs is 1. The van der Waals surface area contributed by atoms with E-state index >= 15 is 0 Å². The first-order valence-corrected chi connectivity index (χ1v) is 14.8. The van der Waals surface area contributed by atoms with Gasteiger partial charge in [0.05, 0.1) is 25.5 Å². The van der Waals surface area contributed by atoms with Crippen LogP contribution in [0.15, 0.2) is 102 Å². The van der Waals surface area contributed by atoms with Crippen molar-refractivity contribution in [3.05, 3.63) is 108 Å². The fraction of sp³-hybridized carbons (Fsp3) is 0.235. The Hall–Kier alpha value is -5.26. The van der Waals surface area contributed by atoms with E-state index in [0.717, 1.165) is 12.8 Å². The van der Waals surface area contributed by atoms with E-state index in [0.29, 0.717) is 57.0 Å². The number of likely N-dealkylation sites (N-methyl/N-ethyl adjacent to an activating group) is 2. The van der Waals surface area contributed by atoms with Gasteiger partial charge in [0, 0.05) is 31.7 Å². The normalized spacial score (nSPS) is 14.7. The molecule has 0 bridgehead atoms. The van der Waals surface area contributed by atoms with Gasteiger partial charge in [-0.2, -0.15) is 4.65 Å². The number of benzene rings is 3. The molecule has 1 saturated carbocycles. The average molecular weight is 607 g/mol. The molecule has 5 aromatic rings. The van der Waals surface area contributed by atoms with Crippen molar-refractivity contribution >= 4 is 28.6 Å². The van der Waals surface area contributed by atoms with Crippen molar-refractivity contribution in [3.63, 3.8) is 0 Å². The van der Waals surface area contributed by atoms with Crippen LogP contribution in [0.25, 0.3) is 22.5 Å². The van der Waals surface area contributed by atoms with Crippen LogP contribution in [-0.2, 0) is 9.63 Å². The van der Waals surface area contributed by atoms with Crippen LogP contribution in [-0.4, -0.2) is 63.4 Å². The Kier molecular flexibility index (Phi) is 8.20. The molecule has 2 aromatic heterocycles. The second-order valence-electron chi connectivity index (χ2n) is 11.2. The molecule has 230 valence electrons. The third-order valence-corrected chi connectivity index (χ3v) is 8.54. The van der Waals surface area contributed by atoms with E-state index in [-0.39, 0.29) is 17.4 Å². The number of nitrogen functional groups attached to an aromatic ring is 1. The summed E-state index contributed by atoms with van der Waals surface area (Å²) in [7, 11) is 5.48. The summed E-state index contributed by atoms with van der Waals surface area (Å²) in [6.07, 6.45) is 8.27. The van der Waals surface area contributed by atoms with Crippen molar-refractivity contribution in [1.82, 2.24) is 19.1 Å². The fourth-order valence-corrected chi connectivity index (χ4v) is 5.54. The van der Waals surface area contributed by atoms with Gasteiger partial charge in [-0.25, -0.2) is 24.2 Å². The zero-order valence-electron chi connectivity index (χ0n) is 25.5. The maximum Gasteiger partial charge on any atom is 0.339 e. The van der Waals surface area contributed by atoms with Gasteiger partial charge >= 0.3 is 5.69 Å². The molecule has 1 aliphatic rings. The summed E-state index contributed by atoms with van der Waals surface area (Å²) in [4.78, 5) is 42.8. The van der Waals surface area contributed by atoms with Gasteiger partial charge in [0.1, 0.15) is 35.9 Å². The third-order valence-electron chi connectivity index (χ3n) is 8.54. The van der Waals surface area contributed by atoms with Gasteiger partial charge in [-0.3, -0.25) is 9.36 Å². The summed E-state index contributed by atoms with van der Waals surface area (Å²) in [5, 5.41) is 0. The molecule has 11 nitrogen and oxygen atoms in total. The van der Waals surface area contributed by atoms with Gasteiger partial charge in [-0.15, -0.1) is 0 Å². The largest absolute Gasteiger partial charge is 0.457 e. The van der Waals surface area contributed by atoms with E-state index in [9.17, 15) is 9.59 Å². The van der Waals surface area contributed by atoms with E-state index in [4.69, 9.17) is 15.3 Å². The Morgan fingerprint density at radius 3 is 2.27 bits per heavy atom. The Morgan fingerprint density at radius 2 is 1.62 bits per heavy atom. The zero-order valence-corrected chi connectivity index (χ0v) is 25.5. The van der Waals surface area contributed by atoms with Crippen LogP contribution in [0.2, 0.25) is 0 Å². The molecule has 2 heterocycles. The zero-order chi connectivity index (χ0) is 31.6. The number of amides is 1. The number of quaternary nitrogens is 1. The number of hydroxylamine groups is 3. The number of aromatic nitrogens is 4. The number of ether oxygens (including phenoxy) is 1. The van der Waals surface area contributed by atoms with Crippen LogP contribution < -0.4 is 21.1 Å². The lowest BCUT2D eigenvalue weighted by atomic mass is 9.91. The Bertz CT molecular complexity index is 1900. The molecule has 0 saturated heterocycles. The SMILES string of the molecule is CO[N+](C)(C/C=C/C(=O)N(C)c1ccc(-n2c(=O)n(-c3ccc(Oc4ccccc4)cc3)c3c(N)ncnc32)cc1)C1CCC1. The number of carbonyl (C=O) groups excluding carboxylic acids is 1. The van der Waals surface area contributed by atoms with Crippen LogP contribution >= 0.6 is 0 Å². The topological polar surface area (TPSA) is 118 Å². The molecule has 45 heavy (non-hydrogen) atoms. The minimum atomic E-state index is -0.361. The molecular weight excluding hydrogens is 570 g/mol. The monoisotopic (exact) mass is 606 g/mol. The Labute approximate surface area is 260 Å². The number of imidazole rings is 1. The fourth-order valence-electron chi connectivity index (χ4n) is 5.54. The number of rotatable bonds is 10. The molecule has 1 fully saturated rings. The first-order chi connectivity index (χ1) is 21.8. The van der Waals surface area contributed by atoms with Gasteiger partial charge in [-0.1, -0.05) is 18.2 Å².